The molecular formula is C19H17ClN2O2. The molecule has 0 saturated heterocycles. The predicted molar refractivity (Wildman–Crippen MR) is 98.3 cm³/mol. The van der Waals surface area contributed by atoms with Gasteiger partial charge in [-0.15, -0.1) is 0 Å². The number of ether oxygens (including phenoxy) is 1. The highest BCUT2D eigenvalue weighted by atomic mass is 35.5. The zero-order valence-electron chi connectivity index (χ0n) is 13.4. The van der Waals surface area contributed by atoms with Crippen molar-refractivity contribution in [1.82, 2.24) is 9.97 Å². The summed E-state index contributed by atoms with van der Waals surface area (Å²) in [6.45, 7) is 3.96. The number of nitrogens with zero attached hydrogens (tertiary/aromatic N) is 1. The predicted octanol–water partition coefficient (Wildman–Crippen LogP) is 4.45. The summed E-state index contributed by atoms with van der Waals surface area (Å²) in [5.41, 5.74) is 1.30. The molecule has 0 atom stereocenters. The van der Waals surface area contributed by atoms with Gasteiger partial charge in [-0.3, -0.25) is 4.79 Å². The van der Waals surface area contributed by atoms with Gasteiger partial charge in [-0.25, -0.2) is 4.98 Å². The normalized spacial score (nSPS) is 11.9. The lowest BCUT2D eigenvalue weighted by atomic mass is 10.2. The van der Waals surface area contributed by atoms with Crippen LogP contribution in [0.2, 0.25) is 0 Å². The number of rotatable bonds is 4. The van der Waals surface area contributed by atoms with Crippen molar-refractivity contribution in [2.75, 3.05) is 0 Å². The van der Waals surface area contributed by atoms with Gasteiger partial charge in [0.15, 0.2) is 5.82 Å². The minimum Gasteiger partial charge on any atom is -0.491 e. The molecule has 0 unspecified atom stereocenters. The number of halogens is 1. The molecule has 0 spiro atoms. The first-order valence-electron chi connectivity index (χ1n) is 7.66. The first-order valence-corrected chi connectivity index (χ1v) is 8.04. The molecule has 122 valence electrons. The monoisotopic (exact) mass is 340 g/mol. The van der Waals surface area contributed by atoms with E-state index in [4.69, 9.17) is 16.3 Å². The fraction of sp³-hybridized carbons (Fsp3) is 0.158. The molecule has 0 amide bonds. The van der Waals surface area contributed by atoms with Gasteiger partial charge in [-0.05, 0) is 49.8 Å². The molecule has 3 rings (SSSR count). The quantitative estimate of drug-likeness (QED) is 0.763. The number of aromatic nitrogens is 2. The van der Waals surface area contributed by atoms with Crippen molar-refractivity contribution in [1.29, 1.82) is 0 Å². The molecule has 0 saturated carbocycles. The molecule has 4 nitrogen and oxygen atoms in total. The summed E-state index contributed by atoms with van der Waals surface area (Å²) in [5.74, 6) is 1.15. The second-order valence-electron chi connectivity index (χ2n) is 5.66. The first kappa shape index (κ1) is 16.3. The van der Waals surface area contributed by atoms with Crippen molar-refractivity contribution >= 4 is 33.6 Å². The van der Waals surface area contributed by atoms with Crippen LogP contribution in [0.5, 0.6) is 5.75 Å². The third-order valence-corrected chi connectivity index (χ3v) is 3.67. The van der Waals surface area contributed by atoms with Gasteiger partial charge in [-0.1, -0.05) is 35.9 Å². The minimum atomic E-state index is -0.206. The van der Waals surface area contributed by atoms with E-state index in [1.807, 2.05) is 44.2 Å². The van der Waals surface area contributed by atoms with Gasteiger partial charge in [0.2, 0.25) is 0 Å². The van der Waals surface area contributed by atoms with Gasteiger partial charge in [-0.2, -0.15) is 0 Å². The molecule has 0 radical (unpaired) electrons. The van der Waals surface area contributed by atoms with E-state index in [1.165, 1.54) is 0 Å². The average molecular weight is 341 g/mol. The molecule has 1 N–H and O–H groups in total. The van der Waals surface area contributed by atoms with Crippen LogP contribution in [0.3, 0.4) is 0 Å². The summed E-state index contributed by atoms with van der Waals surface area (Å²) in [7, 11) is 0. The molecule has 24 heavy (non-hydrogen) atoms. The Morgan fingerprint density at radius 1 is 1.17 bits per heavy atom. The molecule has 0 fully saturated rings. The van der Waals surface area contributed by atoms with Crippen molar-refractivity contribution in [2.24, 2.45) is 0 Å². The molecule has 0 aliphatic rings. The number of nitrogens with one attached hydrogen (secondary N) is 1. The molecule has 0 aliphatic heterocycles. The highest BCUT2D eigenvalue weighted by Gasteiger charge is 2.06. The topological polar surface area (TPSA) is 55.0 Å². The fourth-order valence-electron chi connectivity index (χ4n) is 2.33. The van der Waals surface area contributed by atoms with Gasteiger partial charge >= 0.3 is 0 Å². The van der Waals surface area contributed by atoms with E-state index in [2.05, 4.69) is 9.97 Å². The number of fused-ring (bicyclic) bond motifs is 1. The van der Waals surface area contributed by atoms with Crippen molar-refractivity contribution in [3.63, 3.8) is 0 Å². The SMILES string of the molecule is CC(C)Oc1ccc(C=C(Cl)c2nc3ccccc3c(=O)[nH]2)cc1. The first-order chi connectivity index (χ1) is 11.5. The van der Waals surface area contributed by atoms with E-state index in [1.54, 1.807) is 24.3 Å². The summed E-state index contributed by atoms with van der Waals surface area (Å²) in [6, 6.07) is 14.7. The Kier molecular flexibility index (Phi) is 4.67. The van der Waals surface area contributed by atoms with E-state index in [-0.39, 0.29) is 11.7 Å². The van der Waals surface area contributed by atoms with Crippen LogP contribution in [0.15, 0.2) is 53.3 Å². The number of hydrogen-bond donors (Lipinski definition) is 1. The highest BCUT2D eigenvalue weighted by molar-refractivity contribution is 6.50. The maximum absolute atomic E-state index is 12.1. The molecule has 5 heteroatoms. The number of hydrogen-bond acceptors (Lipinski definition) is 3. The maximum Gasteiger partial charge on any atom is 0.259 e. The van der Waals surface area contributed by atoms with Crippen molar-refractivity contribution < 1.29 is 4.74 Å². The van der Waals surface area contributed by atoms with Gasteiger partial charge < -0.3 is 9.72 Å². The Morgan fingerprint density at radius 2 is 1.88 bits per heavy atom. The van der Waals surface area contributed by atoms with Crippen LogP contribution >= 0.6 is 11.6 Å². The molecule has 3 aromatic rings. The van der Waals surface area contributed by atoms with E-state index in [0.717, 1.165) is 11.3 Å². The number of benzene rings is 2. The smallest absolute Gasteiger partial charge is 0.259 e. The molecule has 1 heterocycles. The number of aromatic amines is 1. The summed E-state index contributed by atoms with van der Waals surface area (Å²) in [4.78, 5) is 19.2. The summed E-state index contributed by atoms with van der Waals surface area (Å²) < 4.78 is 5.61. The highest BCUT2D eigenvalue weighted by Crippen LogP contribution is 2.21. The Bertz CT molecular complexity index is 943. The van der Waals surface area contributed by atoms with Crippen LogP contribution in [0.4, 0.5) is 0 Å². The maximum atomic E-state index is 12.1. The zero-order chi connectivity index (χ0) is 17.1. The Labute approximate surface area is 144 Å². The van der Waals surface area contributed by atoms with Crippen LogP contribution < -0.4 is 10.3 Å². The molecular weight excluding hydrogens is 324 g/mol. The standard InChI is InChI=1S/C19H17ClN2O2/c1-12(2)24-14-9-7-13(8-10-14)11-16(20)18-21-17-6-4-3-5-15(17)19(23)22-18/h3-12H,1-2H3,(H,21,22,23). The Morgan fingerprint density at radius 3 is 2.58 bits per heavy atom. The van der Waals surface area contributed by atoms with Crippen molar-refractivity contribution in [3.05, 3.63) is 70.3 Å². The lowest BCUT2D eigenvalue weighted by Crippen LogP contribution is -2.10. The van der Waals surface area contributed by atoms with Gasteiger partial charge in [0.25, 0.3) is 5.56 Å². The molecule has 2 aromatic carbocycles. The van der Waals surface area contributed by atoms with Crippen LogP contribution in [0.1, 0.15) is 25.2 Å². The van der Waals surface area contributed by atoms with Crippen molar-refractivity contribution in [2.45, 2.75) is 20.0 Å². The lowest BCUT2D eigenvalue weighted by Gasteiger charge is -2.09. The summed E-state index contributed by atoms with van der Waals surface area (Å²) in [6.07, 6.45) is 1.88. The Balaban J connectivity index is 1.92. The Hall–Kier alpha value is -2.59. The third-order valence-electron chi connectivity index (χ3n) is 3.38. The van der Waals surface area contributed by atoms with Crippen LogP contribution in [-0.2, 0) is 0 Å². The second kappa shape index (κ2) is 6.89. The number of para-hydroxylation sites is 1. The number of H-pyrrole nitrogens is 1. The van der Waals surface area contributed by atoms with Gasteiger partial charge in [0, 0.05) is 0 Å². The average Bonchev–Trinajstić information content (AvgIpc) is 2.56. The van der Waals surface area contributed by atoms with Crippen LogP contribution in [-0.4, -0.2) is 16.1 Å². The van der Waals surface area contributed by atoms with Crippen LogP contribution in [0.25, 0.3) is 22.0 Å². The summed E-state index contributed by atoms with van der Waals surface area (Å²) in [5, 5.41) is 0.913. The fourth-order valence-corrected chi connectivity index (χ4v) is 2.54. The van der Waals surface area contributed by atoms with E-state index in [9.17, 15) is 4.79 Å². The van der Waals surface area contributed by atoms with Gasteiger partial charge in [0.1, 0.15) is 5.75 Å². The van der Waals surface area contributed by atoms with E-state index >= 15 is 0 Å². The minimum absolute atomic E-state index is 0.127. The second-order valence-corrected chi connectivity index (χ2v) is 6.07. The van der Waals surface area contributed by atoms with E-state index in [0.29, 0.717) is 21.8 Å². The lowest BCUT2D eigenvalue weighted by molar-refractivity contribution is 0.242. The van der Waals surface area contributed by atoms with Crippen molar-refractivity contribution in [3.8, 4) is 5.75 Å². The van der Waals surface area contributed by atoms with Gasteiger partial charge in [0.05, 0.1) is 22.0 Å². The van der Waals surface area contributed by atoms with E-state index < -0.39 is 0 Å². The largest absolute Gasteiger partial charge is 0.491 e. The summed E-state index contributed by atoms with van der Waals surface area (Å²) >= 11 is 6.33. The zero-order valence-corrected chi connectivity index (χ0v) is 14.2. The third kappa shape index (κ3) is 3.66. The molecule has 1 aromatic heterocycles. The van der Waals surface area contributed by atoms with Crippen LogP contribution in [0, 0.1) is 0 Å². The molecule has 0 aliphatic carbocycles. The molecule has 0 bridgehead atoms.